The molecule has 5 heteroatoms. The van der Waals surface area contributed by atoms with E-state index in [1.807, 2.05) is 18.2 Å². The summed E-state index contributed by atoms with van der Waals surface area (Å²) in [6.45, 7) is 9.37. The third kappa shape index (κ3) is 4.79. The summed E-state index contributed by atoms with van der Waals surface area (Å²) in [6.07, 6.45) is 0. The van der Waals surface area contributed by atoms with E-state index < -0.39 is 0 Å². The summed E-state index contributed by atoms with van der Waals surface area (Å²) in [7, 11) is 1.80. The normalized spacial score (nSPS) is 13.2. The number of nitrogens with one attached hydrogen (secondary N) is 2. The van der Waals surface area contributed by atoms with Crippen LogP contribution in [0.2, 0.25) is 0 Å². The van der Waals surface area contributed by atoms with Gasteiger partial charge < -0.3 is 10.6 Å². The molecule has 0 aliphatic carbocycles. The van der Waals surface area contributed by atoms with Crippen molar-refractivity contribution in [2.45, 2.75) is 40.3 Å². The maximum Gasteiger partial charge on any atom is 0.191 e. The van der Waals surface area contributed by atoms with E-state index in [1.165, 1.54) is 10.4 Å². The van der Waals surface area contributed by atoms with Crippen LogP contribution in [0.4, 0.5) is 0 Å². The van der Waals surface area contributed by atoms with Gasteiger partial charge >= 0.3 is 0 Å². The summed E-state index contributed by atoms with van der Waals surface area (Å²) in [5.74, 6) is 1.39. The van der Waals surface area contributed by atoms with Crippen LogP contribution >= 0.6 is 11.3 Å². The number of hydrogen-bond acceptors (Lipinski definition) is 3. The second kappa shape index (κ2) is 8.11. The lowest BCUT2D eigenvalue weighted by atomic mass is 10.1. The highest BCUT2D eigenvalue weighted by molar-refractivity contribution is 7.15. The van der Waals surface area contributed by atoms with Crippen molar-refractivity contribution in [2.24, 2.45) is 10.9 Å². The molecular weight excluding hydrogens is 304 g/mol. The van der Waals surface area contributed by atoms with E-state index in [-0.39, 0.29) is 0 Å². The van der Waals surface area contributed by atoms with Gasteiger partial charge in [0.15, 0.2) is 5.96 Å². The summed E-state index contributed by atoms with van der Waals surface area (Å²) in [5.41, 5.74) is 2.25. The molecule has 2 N–H and O–H groups in total. The molecule has 0 aliphatic heterocycles. The predicted octanol–water partition coefficient (Wildman–Crippen LogP) is 3.83. The summed E-state index contributed by atoms with van der Waals surface area (Å²) in [5, 5.41) is 7.87. The second-order valence-corrected chi connectivity index (χ2v) is 7.08. The average molecular weight is 331 g/mol. The third-order valence-electron chi connectivity index (χ3n) is 3.92. The van der Waals surface area contributed by atoms with Crippen molar-refractivity contribution in [3.8, 4) is 10.6 Å². The molecule has 0 amide bonds. The number of guanidine groups is 1. The monoisotopic (exact) mass is 330 g/mol. The number of aliphatic imine (C=N–C) groups is 1. The van der Waals surface area contributed by atoms with Gasteiger partial charge in [-0.15, -0.1) is 11.3 Å². The number of rotatable bonds is 5. The molecule has 0 aliphatic rings. The highest BCUT2D eigenvalue weighted by Crippen LogP contribution is 2.27. The minimum absolute atomic E-state index is 0.378. The first-order chi connectivity index (χ1) is 11.0. The smallest absolute Gasteiger partial charge is 0.191 e. The zero-order valence-electron chi connectivity index (χ0n) is 14.6. The molecule has 1 unspecified atom stereocenters. The Kier molecular flexibility index (Phi) is 6.16. The zero-order valence-corrected chi connectivity index (χ0v) is 15.4. The largest absolute Gasteiger partial charge is 0.354 e. The van der Waals surface area contributed by atoms with E-state index in [9.17, 15) is 0 Å². The molecule has 2 rings (SSSR count). The Labute approximate surface area is 143 Å². The van der Waals surface area contributed by atoms with Gasteiger partial charge in [0, 0.05) is 23.5 Å². The molecular formula is C18H26N4S. The van der Waals surface area contributed by atoms with E-state index in [1.54, 1.807) is 18.4 Å². The lowest BCUT2D eigenvalue weighted by Crippen LogP contribution is -2.43. The first-order valence-corrected chi connectivity index (χ1v) is 8.81. The Morgan fingerprint density at radius 2 is 1.91 bits per heavy atom. The van der Waals surface area contributed by atoms with Crippen molar-refractivity contribution in [1.29, 1.82) is 0 Å². The minimum Gasteiger partial charge on any atom is -0.354 e. The van der Waals surface area contributed by atoms with E-state index in [0.717, 1.165) is 23.2 Å². The Balaban J connectivity index is 2.02. The maximum atomic E-state index is 4.69. The van der Waals surface area contributed by atoms with Gasteiger partial charge in [-0.1, -0.05) is 44.2 Å². The van der Waals surface area contributed by atoms with Crippen molar-refractivity contribution in [3.05, 3.63) is 40.9 Å². The van der Waals surface area contributed by atoms with Crippen LogP contribution in [-0.2, 0) is 6.54 Å². The minimum atomic E-state index is 0.378. The van der Waals surface area contributed by atoms with Crippen LogP contribution in [0, 0.1) is 12.8 Å². The molecule has 1 atom stereocenters. The fraction of sp³-hybridized carbons (Fsp3) is 0.444. The van der Waals surface area contributed by atoms with Crippen molar-refractivity contribution in [3.63, 3.8) is 0 Å². The number of thiazole rings is 1. The fourth-order valence-corrected chi connectivity index (χ4v) is 3.04. The van der Waals surface area contributed by atoms with Gasteiger partial charge in [0.1, 0.15) is 5.01 Å². The lowest BCUT2D eigenvalue weighted by Gasteiger charge is -2.20. The highest BCUT2D eigenvalue weighted by Gasteiger charge is 2.12. The van der Waals surface area contributed by atoms with Crippen LogP contribution in [0.1, 0.15) is 31.3 Å². The molecule has 23 heavy (non-hydrogen) atoms. The second-order valence-electron chi connectivity index (χ2n) is 6.00. The summed E-state index contributed by atoms with van der Waals surface area (Å²) in [6, 6.07) is 10.7. The van der Waals surface area contributed by atoms with Crippen molar-refractivity contribution >= 4 is 17.3 Å². The predicted molar refractivity (Wildman–Crippen MR) is 99.9 cm³/mol. The van der Waals surface area contributed by atoms with Crippen LogP contribution in [-0.4, -0.2) is 24.0 Å². The topological polar surface area (TPSA) is 49.3 Å². The summed E-state index contributed by atoms with van der Waals surface area (Å²) >= 11 is 1.73. The van der Waals surface area contributed by atoms with Gasteiger partial charge in [-0.2, -0.15) is 0 Å². The van der Waals surface area contributed by atoms with Crippen molar-refractivity contribution in [1.82, 2.24) is 15.6 Å². The molecule has 124 valence electrons. The van der Waals surface area contributed by atoms with Gasteiger partial charge in [0.05, 0.1) is 12.2 Å². The molecule has 0 radical (unpaired) electrons. The van der Waals surface area contributed by atoms with Crippen LogP contribution in [0.5, 0.6) is 0 Å². The average Bonchev–Trinajstić information content (AvgIpc) is 2.93. The fourth-order valence-electron chi connectivity index (χ4n) is 2.04. The zero-order chi connectivity index (χ0) is 16.8. The number of benzene rings is 1. The Bertz CT molecular complexity index is 646. The molecule has 1 heterocycles. The molecule has 4 nitrogen and oxygen atoms in total. The first kappa shape index (κ1) is 17.5. The molecule has 0 bridgehead atoms. The van der Waals surface area contributed by atoms with Crippen LogP contribution in [0.25, 0.3) is 10.6 Å². The van der Waals surface area contributed by atoms with Gasteiger partial charge in [0.25, 0.3) is 0 Å². The first-order valence-electron chi connectivity index (χ1n) is 8.00. The standard InChI is InChI=1S/C18H26N4S/c1-12(2)13(3)22-18(19-5)20-11-16-14(4)21-17(23-16)15-9-7-6-8-10-15/h6-10,12-13H,11H2,1-5H3,(H2,19,20,22). The Morgan fingerprint density at radius 1 is 1.22 bits per heavy atom. The number of nitrogens with zero attached hydrogens (tertiary/aromatic N) is 2. The van der Waals surface area contributed by atoms with Crippen molar-refractivity contribution in [2.75, 3.05) is 7.05 Å². The SMILES string of the molecule is CN=C(NCc1sc(-c2ccccc2)nc1C)NC(C)C(C)C. The van der Waals surface area contributed by atoms with E-state index in [4.69, 9.17) is 4.98 Å². The lowest BCUT2D eigenvalue weighted by molar-refractivity contribution is 0.481. The number of aromatic nitrogens is 1. The highest BCUT2D eigenvalue weighted by atomic mass is 32.1. The van der Waals surface area contributed by atoms with E-state index in [0.29, 0.717) is 12.0 Å². The van der Waals surface area contributed by atoms with Gasteiger partial charge in [-0.25, -0.2) is 4.98 Å². The van der Waals surface area contributed by atoms with Crippen LogP contribution in [0.15, 0.2) is 35.3 Å². The Morgan fingerprint density at radius 3 is 2.52 bits per heavy atom. The van der Waals surface area contributed by atoms with Gasteiger partial charge in [0.2, 0.25) is 0 Å². The number of hydrogen-bond donors (Lipinski definition) is 2. The molecule has 0 saturated carbocycles. The summed E-state index contributed by atoms with van der Waals surface area (Å²) < 4.78 is 0. The molecule has 0 fully saturated rings. The van der Waals surface area contributed by atoms with Crippen LogP contribution < -0.4 is 10.6 Å². The molecule has 0 saturated heterocycles. The van der Waals surface area contributed by atoms with Crippen LogP contribution in [0.3, 0.4) is 0 Å². The molecule has 1 aromatic heterocycles. The number of aryl methyl sites for hydroxylation is 1. The molecule has 1 aromatic carbocycles. The summed E-state index contributed by atoms with van der Waals surface area (Å²) in [4.78, 5) is 10.2. The maximum absolute atomic E-state index is 4.69. The Hall–Kier alpha value is -1.88. The van der Waals surface area contributed by atoms with E-state index in [2.05, 4.69) is 55.5 Å². The van der Waals surface area contributed by atoms with Crippen molar-refractivity contribution < 1.29 is 0 Å². The van der Waals surface area contributed by atoms with Gasteiger partial charge in [-0.3, -0.25) is 4.99 Å². The quantitative estimate of drug-likeness (QED) is 0.647. The molecule has 2 aromatic rings. The van der Waals surface area contributed by atoms with E-state index >= 15 is 0 Å². The molecule has 0 spiro atoms. The van der Waals surface area contributed by atoms with Gasteiger partial charge in [-0.05, 0) is 19.8 Å². The third-order valence-corrected chi connectivity index (χ3v) is 5.12.